The molecule has 0 atom stereocenters. The predicted molar refractivity (Wildman–Crippen MR) is 125 cm³/mol. The lowest BCUT2D eigenvalue weighted by molar-refractivity contribution is -0.137. The van der Waals surface area contributed by atoms with Gasteiger partial charge >= 0.3 is 12.1 Å². The van der Waals surface area contributed by atoms with Crippen molar-refractivity contribution in [1.29, 1.82) is 0 Å². The monoisotopic (exact) mass is 490 g/mol. The minimum absolute atomic E-state index is 0.0693. The number of nitrogens with one attached hydrogen (secondary N) is 2. The molecule has 2 N–H and O–H groups in total. The lowest BCUT2D eigenvalue weighted by atomic mass is 10.1. The van der Waals surface area contributed by atoms with Crippen LogP contribution in [-0.4, -0.2) is 68.7 Å². The van der Waals surface area contributed by atoms with Crippen molar-refractivity contribution in [2.24, 2.45) is 0 Å². The lowest BCUT2D eigenvalue weighted by Crippen LogP contribution is -2.48. The number of esters is 1. The van der Waals surface area contributed by atoms with Crippen LogP contribution in [-0.2, 0) is 15.7 Å². The van der Waals surface area contributed by atoms with E-state index in [1.165, 1.54) is 20.3 Å². The van der Waals surface area contributed by atoms with Crippen LogP contribution in [0.5, 0.6) is 5.75 Å². The van der Waals surface area contributed by atoms with Gasteiger partial charge in [-0.05, 0) is 30.3 Å². The second-order valence-electron chi connectivity index (χ2n) is 8.14. The van der Waals surface area contributed by atoms with Crippen LogP contribution in [0.4, 0.5) is 24.5 Å². The van der Waals surface area contributed by atoms with E-state index in [1.54, 1.807) is 24.3 Å². The molecule has 1 aromatic heterocycles. The summed E-state index contributed by atoms with van der Waals surface area (Å²) >= 11 is 0. The summed E-state index contributed by atoms with van der Waals surface area (Å²) in [5.74, 6) is -0.351. The first-order chi connectivity index (χ1) is 16.7. The Labute approximate surface area is 199 Å². The van der Waals surface area contributed by atoms with Gasteiger partial charge in [0, 0.05) is 43.3 Å². The molecule has 35 heavy (non-hydrogen) atoms. The van der Waals surface area contributed by atoms with Crippen molar-refractivity contribution in [3.05, 3.63) is 53.7 Å². The van der Waals surface area contributed by atoms with Gasteiger partial charge in [0.1, 0.15) is 11.4 Å². The van der Waals surface area contributed by atoms with Gasteiger partial charge < -0.3 is 24.7 Å². The lowest BCUT2D eigenvalue weighted by Gasteiger charge is -2.36. The number of piperazine rings is 1. The molecule has 0 bridgehead atoms. The van der Waals surface area contributed by atoms with Crippen LogP contribution >= 0.6 is 0 Å². The predicted octanol–water partition coefficient (Wildman–Crippen LogP) is 3.74. The van der Waals surface area contributed by atoms with E-state index in [2.05, 4.69) is 10.3 Å². The maximum Gasteiger partial charge on any atom is 0.416 e. The first-order valence-electron chi connectivity index (χ1n) is 10.9. The molecule has 2 aromatic carbocycles. The average molecular weight is 490 g/mol. The molecule has 0 spiro atoms. The molecule has 2 heterocycles. The van der Waals surface area contributed by atoms with Gasteiger partial charge in [-0.2, -0.15) is 13.2 Å². The number of benzene rings is 2. The molecular formula is C24H25F3N4O4. The Bertz CT molecular complexity index is 1230. The number of fused-ring (bicyclic) bond motifs is 1. The van der Waals surface area contributed by atoms with Crippen LogP contribution in [0.15, 0.2) is 42.5 Å². The fourth-order valence-electron chi connectivity index (χ4n) is 4.11. The van der Waals surface area contributed by atoms with E-state index < -0.39 is 17.7 Å². The van der Waals surface area contributed by atoms with Gasteiger partial charge in [-0.1, -0.05) is 6.07 Å². The zero-order chi connectivity index (χ0) is 25.2. The van der Waals surface area contributed by atoms with Crippen LogP contribution in [0, 0.1) is 0 Å². The Kier molecular flexibility index (Phi) is 6.88. The first-order valence-corrected chi connectivity index (χ1v) is 10.9. The average Bonchev–Trinajstić information content (AvgIpc) is 3.20. The quantitative estimate of drug-likeness (QED) is 0.512. The molecule has 1 amide bonds. The summed E-state index contributed by atoms with van der Waals surface area (Å²) in [6, 6.07) is 10.4. The Morgan fingerprint density at radius 2 is 1.80 bits per heavy atom. The first kappa shape index (κ1) is 24.4. The summed E-state index contributed by atoms with van der Waals surface area (Å²) in [5, 5.41) is 3.44. The largest absolute Gasteiger partial charge is 0.497 e. The van der Waals surface area contributed by atoms with Crippen molar-refractivity contribution >= 4 is 34.2 Å². The van der Waals surface area contributed by atoms with E-state index in [0.717, 1.165) is 12.1 Å². The van der Waals surface area contributed by atoms with Crippen LogP contribution in [0.3, 0.4) is 0 Å². The normalized spacial score (nSPS) is 14.7. The molecular weight excluding hydrogens is 465 g/mol. The van der Waals surface area contributed by atoms with Crippen molar-refractivity contribution in [3.8, 4) is 5.75 Å². The van der Waals surface area contributed by atoms with Crippen molar-refractivity contribution in [2.75, 3.05) is 57.2 Å². The highest BCUT2D eigenvalue weighted by atomic mass is 19.4. The number of carbonyl (C=O) groups is 2. The number of methoxy groups -OCH3 is 2. The van der Waals surface area contributed by atoms with E-state index >= 15 is 0 Å². The summed E-state index contributed by atoms with van der Waals surface area (Å²) < 4.78 is 49.1. The van der Waals surface area contributed by atoms with Crippen molar-refractivity contribution in [3.63, 3.8) is 0 Å². The number of hydrogen-bond donors (Lipinski definition) is 2. The van der Waals surface area contributed by atoms with Gasteiger partial charge in [0.2, 0.25) is 5.91 Å². The van der Waals surface area contributed by atoms with E-state index in [4.69, 9.17) is 9.47 Å². The number of amides is 1. The number of alkyl halides is 3. The molecule has 0 radical (unpaired) electrons. The van der Waals surface area contributed by atoms with Gasteiger partial charge in [-0.15, -0.1) is 0 Å². The second-order valence-corrected chi connectivity index (χ2v) is 8.14. The zero-order valence-electron chi connectivity index (χ0n) is 19.2. The maximum absolute atomic E-state index is 13.0. The van der Waals surface area contributed by atoms with Gasteiger partial charge in [-0.25, -0.2) is 4.79 Å². The molecule has 1 aliphatic rings. The highest BCUT2D eigenvalue weighted by Crippen LogP contribution is 2.33. The molecule has 1 aliphatic heterocycles. The third-order valence-electron chi connectivity index (χ3n) is 5.94. The number of H-pyrrole nitrogens is 1. The van der Waals surface area contributed by atoms with Crippen LogP contribution in [0.2, 0.25) is 0 Å². The second kappa shape index (κ2) is 9.87. The SMILES string of the molecule is COC(=O)c1[nH]c2cc(OC)ccc2c1NC(=O)CN1CCN(c2cccc(C(F)(F)F)c2)CC1. The Morgan fingerprint density at radius 1 is 1.06 bits per heavy atom. The molecule has 3 aromatic rings. The van der Waals surface area contributed by atoms with E-state index in [0.29, 0.717) is 54.2 Å². The topological polar surface area (TPSA) is 86.9 Å². The van der Waals surface area contributed by atoms with E-state index in [1.807, 2.05) is 9.80 Å². The van der Waals surface area contributed by atoms with Gasteiger partial charge in [0.15, 0.2) is 0 Å². The number of carbonyl (C=O) groups excluding carboxylic acids is 2. The fourth-order valence-corrected chi connectivity index (χ4v) is 4.11. The molecule has 0 unspecified atom stereocenters. The smallest absolute Gasteiger partial charge is 0.416 e. The Morgan fingerprint density at radius 3 is 2.46 bits per heavy atom. The summed E-state index contributed by atoms with van der Waals surface area (Å²) in [6.45, 7) is 2.03. The molecule has 8 nitrogen and oxygen atoms in total. The maximum atomic E-state index is 13.0. The number of anilines is 2. The highest BCUT2D eigenvalue weighted by Gasteiger charge is 2.31. The Hall–Kier alpha value is -3.73. The zero-order valence-corrected chi connectivity index (χ0v) is 19.2. The van der Waals surface area contributed by atoms with Crippen molar-refractivity contribution in [1.82, 2.24) is 9.88 Å². The third kappa shape index (κ3) is 5.35. The van der Waals surface area contributed by atoms with Crippen molar-refractivity contribution in [2.45, 2.75) is 6.18 Å². The molecule has 0 aliphatic carbocycles. The molecule has 11 heteroatoms. The van der Waals surface area contributed by atoms with Crippen molar-refractivity contribution < 1.29 is 32.2 Å². The molecule has 1 fully saturated rings. The fraction of sp³-hybridized carbons (Fsp3) is 0.333. The number of hydrogen-bond acceptors (Lipinski definition) is 6. The van der Waals surface area contributed by atoms with Crippen LogP contribution in [0.25, 0.3) is 10.9 Å². The van der Waals surface area contributed by atoms with Crippen LogP contribution < -0.4 is 15.0 Å². The molecule has 4 rings (SSSR count). The van der Waals surface area contributed by atoms with E-state index in [-0.39, 0.29) is 18.1 Å². The summed E-state index contributed by atoms with van der Waals surface area (Å²) in [7, 11) is 2.78. The highest BCUT2D eigenvalue weighted by molar-refractivity contribution is 6.11. The number of ether oxygens (including phenoxy) is 2. The van der Waals surface area contributed by atoms with Gasteiger partial charge in [0.25, 0.3) is 0 Å². The number of aromatic amines is 1. The minimum atomic E-state index is -4.40. The number of rotatable bonds is 6. The molecule has 0 saturated carbocycles. The Balaban J connectivity index is 1.42. The summed E-state index contributed by atoms with van der Waals surface area (Å²) in [4.78, 5) is 31.8. The van der Waals surface area contributed by atoms with Crippen LogP contribution in [0.1, 0.15) is 16.1 Å². The number of aromatic nitrogens is 1. The standard InChI is InChI=1S/C24H25F3N4O4/c1-34-17-6-7-18-19(13-17)28-22(23(33)35-2)21(18)29-20(32)14-30-8-10-31(11-9-30)16-5-3-4-15(12-16)24(25,26)27/h3-7,12-13,28H,8-11,14H2,1-2H3,(H,29,32). The molecule has 186 valence electrons. The number of halogens is 3. The van der Waals surface area contributed by atoms with Gasteiger partial charge in [0.05, 0.1) is 37.5 Å². The van der Waals surface area contributed by atoms with E-state index in [9.17, 15) is 22.8 Å². The number of nitrogens with zero attached hydrogens (tertiary/aromatic N) is 2. The molecule has 1 saturated heterocycles. The van der Waals surface area contributed by atoms with Gasteiger partial charge in [-0.3, -0.25) is 9.69 Å². The minimum Gasteiger partial charge on any atom is -0.497 e. The summed E-state index contributed by atoms with van der Waals surface area (Å²) in [6.07, 6.45) is -4.40. The summed E-state index contributed by atoms with van der Waals surface area (Å²) in [5.41, 5.74) is 0.866. The third-order valence-corrected chi connectivity index (χ3v) is 5.94.